The number of hydrogen-bond acceptors (Lipinski definition) is 4. The third kappa shape index (κ3) is 3.08. The minimum absolute atomic E-state index is 0.117. The summed E-state index contributed by atoms with van der Waals surface area (Å²) in [4.78, 5) is 4.81. The second kappa shape index (κ2) is 6.55. The van der Waals surface area contributed by atoms with Crippen molar-refractivity contribution in [3.8, 4) is 11.3 Å². The number of pyridine rings is 1. The van der Waals surface area contributed by atoms with E-state index in [2.05, 4.69) is 9.82 Å². The molecule has 3 aromatic heterocycles. The van der Waals surface area contributed by atoms with Gasteiger partial charge in [-0.1, -0.05) is 36.4 Å². The van der Waals surface area contributed by atoms with Gasteiger partial charge in [-0.15, -0.1) is 0 Å². The number of aryl methyl sites for hydroxylation is 2. The number of sulfonamides is 1. The van der Waals surface area contributed by atoms with E-state index in [0.29, 0.717) is 23.7 Å². The Labute approximate surface area is 157 Å². The molecule has 7 nitrogen and oxygen atoms in total. The van der Waals surface area contributed by atoms with Gasteiger partial charge in [0.15, 0.2) is 5.82 Å². The molecule has 8 heteroatoms. The van der Waals surface area contributed by atoms with Crippen molar-refractivity contribution in [1.29, 1.82) is 0 Å². The second-order valence-corrected chi connectivity index (χ2v) is 7.88. The van der Waals surface area contributed by atoms with E-state index >= 15 is 0 Å². The standard InChI is InChI=1S/C19H19N5O2S/c1-3-23-13-16(12-20-23)27(25,26)22-19-17(15-9-5-4-6-10-15)21-18-14(2)8-7-11-24(18)19/h4-13,22H,3H2,1-2H3. The summed E-state index contributed by atoms with van der Waals surface area (Å²) in [5, 5.41) is 4.06. The lowest BCUT2D eigenvalue weighted by atomic mass is 10.1. The molecule has 0 bridgehead atoms. The number of anilines is 1. The normalized spacial score (nSPS) is 11.8. The molecule has 1 aromatic carbocycles. The van der Waals surface area contributed by atoms with Gasteiger partial charge in [0, 0.05) is 24.5 Å². The third-order valence-corrected chi connectivity index (χ3v) is 5.66. The molecule has 0 saturated heterocycles. The largest absolute Gasteiger partial charge is 0.285 e. The number of rotatable bonds is 5. The van der Waals surface area contributed by atoms with Gasteiger partial charge < -0.3 is 0 Å². The highest BCUT2D eigenvalue weighted by atomic mass is 32.2. The first kappa shape index (κ1) is 17.3. The Morgan fingerprint density at radius 3 is 2.59 bits per heavy atom. The molecule has 0 fully saturated rings. The Morgan fingerprint density at radius 2 is 1.89 bits per heavy atom. The van der Waals surface area contributed by atoms with Crippen molar-refractivity contribution >= 4 is 21.5 Å². The van der Waals surface area contributed by atoms with Crippen molar-refractivity contribution in [2.24, 2.45) is 0 Å². The summed E-state index contributed by atoms with van der Waals surface area (Å²) < 4.78 is 31.9. The van der Waals surface area contributed by atoms with Crippen molar-refractivity contribution in [1.82, 2.24) is 19.2 Å². The van der Waals surface area contributed by atoms with Crippen LogP contribution in [0.2, 0.25) is 0 Å². The Hall–Kier alpha value is -3.13. The lowest BCUT2D eigenvalue weighted by Gasteiger charge is -2.09. The SMILES string of the molecule is CCn1cc(S(=O)(=O)Nc2c(-c3ccccc3)nc3c(C)cccn23)cn1. The number of nitrogens with one attached hydrogen (secondary N) is 1. The van der Waals surface area contributed by atoms with Crippen molar-refractivity contribution < 1.29 is 8.42 Å². The van der Waals surface area contributed by atoms with Crippen molar-refractivity contribution in [3.63, 3.8) is 0 Å². The van der Waals surface area contributed by atoms with Gasteiger partial charge in [-0.2, -0.15) is 5.10 Å². The summed E-state index contributed by atoms with van der Waals surface area (Å²) in [6, 6.07) is 13.3. The highest BCUT2D eigenvalue weighted by Crippen LogP contribution is 2.31. The van der Waals surface area contributed by atoms with E-state index < -0.39 is 10.0 Å². The van der Waals surface area contributed by atoms with Crippen LogP contribution >= 0.6 is 0 Å². The first-order chi connectivity index (χ1) is 13.0. The molecule has 138 valence electrons. The van der Waals surface area contributed by atoms with E-state index in [-0.39, 0.29) is 4.90 Å². The monoisotopic (exact) mass is 381 g/mol. The number of benzene rings is 1. The van der Waals surface area contributed by atoms with E-state index in [1.54, 1.807) is 15.3 Å². The third-order valence-electron chi connectivity index (χ3n) is 4.37. The Bertz CT molecular complexity index is 1210. The van der Waals surface area contributed by atoms with Crippen molar-refractivity contribution in [2.75, 3.05) is 4.72 Å². The van der Waals surface area contributed by atoms with Crippen LogP contribution < -0.4 is 4.72 Å². The van der Waals surface area contributed by atoms with Gasteiger partial charge in [-0.25, -0.2) is 13.4 Å². The number of nitrogens with zero attached hydrogens (tertiary/aromatic N) is 4. The molecule has 4 rings (SSSR count). The van der Waals surface area contributed by atoms with Crippen LogP contribution in [0.15, 0.2) is 66.0 Å². The maximum Gasteiger partial charge on any atom is 0.266 e. The average molecular weight is 381 g/mol. The van der Waals surface area contributed by atoms with Gasteiger partial charge in [0.2, 0.25) is 0 Å². The smallest absolute Gasteiger partial charge is 0.266 e. The van der Waals surface area contributed by atoms with Gasteiger partial charge in [-0.05, 0) is 25.5 Å². The fourth-order valence-electron chi connectivity index (χ4n) is 2.94. The zero-order valence-corrected chi connectivity index (χ0v) is 15.8. The van der Waals surface area contributed by atoms with E-state index in [1.807, 2.05) is 56.3 Å². The summed E-state index contributed by atoms with van der Waals surface area (Å²) in [7, 11) is -3.80. The Kier molecular flexibility index (Phi) is 4.19. The van der Waals surface area contributed by atoms with Gasteiger partial charge in [0.05, 0.1) is 6.20 Å². The Balaban J connectivity index is 1.88. The lowest BCUT2D eigenvalue weighted by molar-refractivity contribution is 0.600. The van der Waals surface area contributed by atoms with Crippen LogP contribution in [0.1, 0.15) is 12.5 Å². The molecule has 0 saturated carbocycles. The highest BCUT2D eigenvalue weighted by Gasteiger charge is 2.23. The minimum atomic E-state index is -3.80. The summed E-state index contributed by atoms with van der Waals surface area (Å²) in [6.45, 7) is 4.44. The van der Waals surface area contributed by atoms with Crippen LogP contribution in [0.5, 0.6) is 0 Å². The molecule has 0 aliphatic heterocycles. The summed E-state index contributed by atoms with van der Waals surface area (Å²) >= 11 is 0. The predicted molar refractivity (Wildman–Crippen MR) is 104 cm³/mol. The molecular weight excluding hydrogens is 362 g/mol. The van der Waals surface area contributed by atoms with E-state index in [0.717, 1.165) is 11.1 Å². The van der Waals surface area contributed by atoms with Crippen LogP contribution in [-0.2, 0) is 16.6 Å². The molecule has 3 heterocycles. The van der Waals surface area contributed by atoms with Crippen molar-refractivity contribution in [3.05, 3.63) is 66.6 Å². The minimum Gasteiger partial charge on any atom is -0.285 e. The van der Waals surface area contributed by atoms with Crippen molar-refractivity contribution in [2.45, 2.75) is 25.3 Å². The van der Waals surface area contributed by atoms with E-state index in [4.69, 9.17) is 4.98 Å². The fraction of sp³-hybridized carbons (Fsp3) is 0.158. The van der Waals surface area contributed by atoms with Crippen LogP contribution in [0.3, 0.4) is 0 Å². The van der Waals surface area contributed by atoms with Gasteiger partial charge in [0.25, 0.3) is 10.0 Å². The maximum absolute atomic E-state index is 12.9. The van der Waals surface area contributed by atoms with Crippen LogP contribution in [-0.4, -0.2) is 27.6 Å². The lowest BCUT2D eigenvalue weighted by Crippen LogP contribution is -2.14. The average Bonchev–Trinajstić information content (AvgIpc) is 3.29. The number of hydrogen-bond donors (Lipinski definition) is 1. The molecule has 1 N–H and O–H groups in total. The summed E-state index contributed by atoms with van der Waals surface area (Å²) in [6.07, 6.45) is 4.66. The van der Waals surface area contributed by atoms with Gasteiger partial charge in [0.1, 0.15) is 16.2 Å². The van der Waals surface area contributed by atoms with Gasteiger partial charge >= 0.3 is 0 Å². The summed E-state index contributed by atoms with van der Waals surface area (Å²) in [5.41, 5.74) is 3.08. The van der Waals surface area contributed by atoms with Gasteiger partial charge in [-0.3, -0.25) is 13.8 Å². The van der Waals surface area contributed by atoms with Crippen LogP contribution in [0, 0.1) is 6.92 Å². The first-order valence-electron chi connectivity index (χ1n) is 8.58. The molecule has 0 unspecified atom stereocenters. The molecule has 0 spiro atoms. The van der Waals surface area contributed by atoms with Crippen LogP contribution in [0.25, 0.3) is 16.9 Å². The molecule has 0 radical (unpaired) electrons. The molecule has 0 aliphatic rings. The number of aromatic nitrogens is 4. The zero-order valence-electron chi connectivity index (χ0n) is 15.0. The topological polar surface area (TPSA) is 81.3 Å². The van der Waals surface area contributed by atoms with Crippen LogP contribution in [0.4, 0.5) is 5.82 Å². The Morgan fingerprint density at radius 1 is 1.11 bits per heavy atom. The zero-order chi connectivity index (χ0) is 19.0. The van der Waals surface area contributed by atoms with E-state index in [1.165, 1.54) is 12.4 Å². The maximum atomic E-state index is 12.9. The molecule has 0 amide bonds. The molecule has 0 aliphatic carbocycles. The molecule has 4 aromatic rings. The highest BCUT2D eigenvalue weighted by molar-refractivity contribution is 7.92. The summed E-state index contributed by atoms with van der Waals surface area (Å²) in [5.74, 6) is 0.407. The first-order valence-corrected chi connectivity index (χ1v) is 10.1. The molecule has 0 atom stereocenters. The van der Waals surface area contributed by atoms with E-state index in [9.17, 15) is 8.42 Å². The second-order valence-electron chi connectivity index (χ2n) is 6.20. The number of imidazole rings is 1. The predicted octanol–water partition coefficient (Wildman–Crippen LogP) is 3.33. The molecule has 27 heavy (non-hydrogen) atoms. The quantitative estimate of drug-likeness (QED) is 0.575. The fourth-order valence-corrected chi connectivity index (χ4v) is 3.96. The number of fused-ring (bicyclic) bond motifs is 1. The molecular formula is C19H19N5O2S.